The van der Waals surface area contributed by atoms with Crippen molar-refractivity contribution in [3.05, 3.63) is 54.6 Å². The number of aromatic nitrogens is 6. The zero-order chi connectivity index (χ0) is 21.0. The minimum Gasteiger partial charge on any atom is -0.378 e. The number of carbonyl (C=O) groups is 1. The normalized spacial score (nSPS) is 14.1. The second-order valence-electron chi connectivity index (χ2n) is 7.00. The van der Waals surface area contributed by atoms with Gasteiger partial charge in [0.1, 0.15) is 12.2 Å². The lowest BCUT2D eigenvalue weighted by molar-refractivity contribution is -0.136. The molecule has 1 aliphatic heterocycles. The summed E-state index contributed by atoms with van der Waals surface area (Å²) < 4.78 is 7.95. The number of benzene rings is 1. The van der Waals surface area contributed by atoms with Gasteiger partial charge in [-0.1, -0.05) is 28.7 Å². The van der Waals surface area contributed by atoms with Crippen molar-refractivity contribution in [3.8, 4) is 0 Å². The smallest absolute Gasteiger partial charge is 0.244 e. The number of para-hydroxylation sites is 1. The third-order valence-corrected chi connectivity index (χ3v) is 5.93. The van der Waals surface area contributed by atoms with E-state index in [9.17, 15) is 4.79 Å². The van der Waals surface area contributed by atoms with Gasteiger partial charge in [-0.25, -0.2) is 19.6 Å². The first-order valence-corrected chi connectivity index (χ1v) is 10.7. The van der Waals surface area contributed by atoms with E-state index < -0.39 is 0 Å². The van der Waals surface area contributed by atoms with Crippen molar-refractivity contribution in [1.29, 1.82) is 0 Å². The minimum atomic E-state index is 0.00849. The molecule has 11 heteroatoms. The van der Waals surface area contributed by atoms with Crippen molar-refractivity contribution < 1.29 is 9.53 Å². The molecule has 0 atom stereocenters. The molecule has 3 aromatic heterocycles. The van der Waals surface area contributed by atoms with Gasteiger partial charge in [-0.15, -0.1) is 5.10 Å². The molecule has 1 amide bonds. The maximum atomic E-state index is 12.5. The second-order valence-corrected chi connectivity index (χ2v) is 8.01. The number of hydrogen-bond donors (Lipinski definition) is 0. The summed E-state index contributed by atoms with van der Waals surface area (Å²) in [5.74, 6) is 0.537. The Kier molecular flexibility index (Phi) is 5.50. The highest BCUT2D eigenvalue weighted by Gasteiger charge is 2.20. The summed E-state index contributed by atoms with van der Waals surface area (Å²) >= 11 is 1.56. The lowest BCUT2D eigenvalue weighted by atomic mass is 10.3. The zero-order valence-corrected chi connectivity index (χ0v) is 17.5. The maximum absolute atomic E-state index is 12.5. The first-order chi connectivity index (χ1) is 15.3. The number of ether oxygens (including phenoxy) is 1. The van der Waals surface area contributed by atoms with Gasteiger partial charge >= 0.3 is 0 Å². The standard InChI is InChI=1S/C20H20N8O2S/c29-18(26-8-10-30-11-9-26)14-27-12-15(24-25-27)13-28(19-21-6-3-7-22-19)20-23-16-4-1-2-5-17(16)31-20/h1-7,12H,8-11,13-14H2. The molecule has 1 aliphatic rings. The van der Waals surface area contributed by atoms with Crippen LogP contribution in [0.1, 0.15) is 5.69 Å². The van der Waals surface area contributed by atoms with E-state index in [1.807, 2.05) is 29.2 Å². The predicted molar refractivity (Wildman–Crippen MR) is 115 cm³/mol. The van der Waals surface area contributed by atoms with Gasteiger partial charge in [0.25, 0.3) is 0 Å². The van der Waals surface area contributed by atoms with Crippen molar-refractivity contribution in [2.45, 2.75) is 13.1 Å². The molecule has 10 nitrogen and oxygen atoms in total. The molecule has 0 radical (unpaired) electrons. The van der Waals surface area contributed by atoms with E-state index in [4.69, 9.17) is 9.72 Å². The topological polar surface area (TPSA) is 102 Å². The fourth-order valence-corrected chi connectivity index (χ4v) is 4.29. The van der Waals surface area contributed by atoms with Crippen LogP contribution in [0.25, 0.3) is 10.2 Å². The van der Waals surface area contributed by atoms with Crippen LogP contribution in [0.15, 0.2) is 48.9 Å². The SMILES string of the molecule is O=C(Cn1cc(CN(c2ncccn2)c2nc3ccccc3s2)nn1)N1CCOCC1. The molecule has 4 aromatic rings. The molecule has 1 fully saturated rings. The van der Waals surface area contributed by atoms with Gasteiger partial charge in [0.05, 0.1) is 36.2 Å². The summed E-state index contributed by atoms with van der Waals surface area (Å²) in [6, 6.07) is 9.74. The van der Waals surface area contributed by atoms with E-state index in [0.717, 1.165) is 15.3 Å². The number of morpholine rings is 1. The van der Waals surface area contributed by atoms with Crippen LogP contribution >= 0.6 is 11.3 Å². The molecule has 31 heavy (non-hydrogen) atoms. The average Bonchev–Trinajstić information content (AvgIpc) is 3.45. The average molecular weight is 437 g/mol. The number of hydrogen-bond acceptors (Lipinski definition) is 9. The molecule has 0 spiro atoms. The largest absolute Gasteiger partial charge is 0.378 e. The van der Waals surface area contributed by atoms with E-state index in [1.165, 1.54) is 0 Å². The number of amides is 1. The molecule has 0 aliphatic carbocycles. The van der Waals surface area contributed by atoms with Crippen LogP contribution in [0.2, 0.25) is 0 Å². The van der Waals surface area contributed by atoms with Crippen molar-refractivity contribution in [3.63, 3.8) is 0 Å². The first-order valence-electron chi connectivity index (χ1n) is 9.91. The number of thiazole rings is 1. The molecular weight excluding hydrogens is 416 g/mol. The Bertz CT molecular complexity index is 1140. The van der Waals surface area contributed by atoms with E-state index >= 15 is 0 Å². The van der Waals surface area contributed by atoms with Crippen LogP contribution in [0.3, 0.4) is 0 Å². The summed E-state index contributed by atoms with van der Waals surface area (Å²) in [4.78, 5) is 29.7. The maximum Gasteiger partial charge on any atom is 0.244 e. The summed E-state index contributed by atoms with van der Waals surface area (Å²) in [7, 11) is 0. The van der Waals surface area contributed by atoms with Crippen LogP contribution in [0.4, 0.5) is 11.1 Å². The van der Waals surface area contributed by atoms with Crippen molar-refractivity contribution in [2.24, 2.45) is 0 Å². The van der Waals surface area contributed by atoms with Crippen LogP contribution in [-0.4, -0.2) is 67.1 Å². The van der Waals surface area contributed by atoms with E-state index in [0.29, 0.717) is 44.5 Å². The quantitative estimate of drug-likeness (QED) is 0.451. The van der Waals surface area contributed by atoms with Gasteiger partial charge in [0.15, 0.2) is 5.13 Å². The molecule has 4 heterocycles. The highest BCUT2D eigenvalue weighted by molar-refractivity contribution is 7.22. The van der Waals surface area contributed by atoms with Crippen molar-refractivity contribution >= 4 is 38.5 Å². The van der Waals surface area contributed by atoms with Gasteiger partial charge in [-0.2, -0.15) is 0 Å². The van der Waals surface area contributed by atoms with E-state index in [2.05, 4.69) is 20.3 Å². The van der Waals surface area contributed by atoms with E-state index in [-0.39, 0.29) is 12.5 Å². The Morgan fingerprint density at radius 3 is 2.74 bits per heavy atom. The molecule has 158 valence electrons. The highest BCUT2D eigenvalue weighted by Crippen LogP contribution is 2.32. The molecule has 0 saturated carbocycles. The lowest BCUT2D eigenvalue weighted by Gasteiger charge is -2.26. The Labute approximate surface area is 182 Å². The number of fused-ring (bicyclic) bond motifs is 1. The van der Waals surface area contributed by atoms with Crippen molar-refractivity contribution in [2.75, 3.05) is 31.2 Å². The Balaban J connectivity index is 1.37. The van der Waals surface area contributed by atoms with Crippen LogP contribution in [0.5, 0.6) is 0 Å². The van der Waals surface area contributed by atoms with Crippen LogP contribution < -0.4 is 4.90 Å². The molecular formula is C20H20N8O2S. The molecule has 0 unspecified atom stereocenters. The molecule has 0 N–H and O–H groups in total. The summed E-state index contributed by atoms with van der Waals surface area (Å²) in [5.41, 5.74) is 1.62. The molecule has 1 saturated heterocycles. The Morgan fingerprint density at radius 2 is 1.94 bits per heavy atom. The minimum absolute atomic E-state index is 0.00849. The zero-order valence-electron chi connectivity index (χ0n) is 16.7. The highest BCUT2D eigenvalue weighted by atomic mass is 32.1. The first kappa shape index (κ1) is 19.5. The molecule has 1 aromatic carbocycles. The number of anilines is 2. The van der Waals surface area contributed by atoms with Crippen LogP contribution in [0, 0.1) is 0 Å². The Morgan fingerprint density at radius 1 is 1.13 bits per heavy atom. The fraction of sp³-hybridized carbons (Fsp3) is 0.300. The summed E-state index contributed by atoms with van der Waals surface area (Å²) in [6.07, 6.45) is 5.17. The number of rotatable bonds is 6. The van der Waals surface area contributed by atoms with Gasteiger partial charge in [0, 0.05) is 25.5 Å². The number of nitrogens with zero attached hydrogens (tertiary/aromatic N) is 8. The summed E-state index contributed by atoms with van der Waals surface area (Å²) in [6.45, 7) is 2.89. The van der Waals surface area contributed by atoms with Gasteiger partial charge in [-0.3, -0.25) is 9.69 Å². The van der Waals surface area contributed by atoms with Gasteiger partial charge in [0.2, 0.25) is 11.9 Å². The second kappa shape index (κ2) is 8.74. The number of carbonyl (C=O) groups excluding carboxylic acids is 1. The molecule has 0 bridgehead atoms. The van der Waals surface area contributed by atoms with Gasteiger partial charge in [-0.05, 0) is 18.2 Å². The lowest BCUT2D eigenvalue weighted by Crippen LogP contribution is -2.42. The van der Waals surface area contributed by atoms with Gasteiger partial charge < -0.3 is 9.64 Å². The third-order valence-electron chi connectivity index (χ3n) is 4.87. The fourth-order valence-electron chi connectivity index (χ4n) is 3.33. The third kappa shape index (κ3) is 4.37. The van der Waals surface area contributed by atoms with Crippen molar-refractivity contribution in [1.82, 2.24) is 34.8 Å². The van der Waals surface area contributed by atoms with Crippen LogP contribution in [-0.2, 0) is 22.6 Å². The molecule has 5 rings (SSSR count). The monoisotopic (exact) mass is 436 g/mol. The summed E-state index contributed by atoms with van der Waals surface area (Å²) in [5, 5.41) is 9.16. The predicted octanol–water partition coefficient (Wildman–Crippen LogP) is 1.87. The van der Waals surface area contributed by atoms with E-state index in [1.54, 1.807) is 45.6 Å². The Hall–Kier alpha value is -3.44.